The van der Waals surface area contributed by atoms with E-state index in [2.05, 4.69) is 35.7 Å². The molecule has 8 nitrogen and oxygen atoms in total. The van der Waals surface area contributed by atoms with E-state index in [0.29, 0.717) is 36.4 Å². The molecule has 4 rings (SSSR count). The molecular weight excluding hydrogens is 505 g/mol. The van der Waals surface area contributed by atoms with Crippen molar-refractivity contribution in [2.24, 2.45) is 4.99 Å². The molecule has 0 aromatic carbocycles. The molecule has 2 fully saturated rings. The van der Waals surface area contributed by atoms with Crippen LogP contribution in [0, 0.1) is 0 Å². The first-order chi connectivity index (χ1) is 14.8. The van der Waals surface area contributed by atoms with Gasteiger partial charge >= 0.3 is 0 Å². The fourth-order valence-corrected chi connectivity index (χ4v) is 4.48. The number of rotatable bonds is 6. The first-order valence-corrected chi connectivity index (χ1v) is 11.3. The minimum absolute atomic E-state index is 0. The smallest absolute Gasteiger partial charge is 0.276 e. The van der Waals surface area contributed by atoms with Gasteiger partial charge in [-0.2, -0.15) is 4.98 Å². The van der Waals surface area contributed by atoms with E-state index in [1.54, 1.807) is 6.20 Å². The summed E-state index contributed by atoms with van der Waals surface area (Å²) in [4.78, 5) is 15.8. The van der Waals surface area contributed by atoms with Crippen LogP contribution in [-0.4, -0.2) is 64.7 Å². The van der Waals surface area contributed by atoms with Crippen LogP contribution < -0.4 is 10.6 Å². The molecule has 1 saturated carbocycles. The molecule has 3 heterocycles. The van der Waals surface area contributed by atoms with Crippen LogP contribution in [0.2, 0.25) is 0 Å². The summed E-state index contributed by atoms with van der Waals surface area (Å²) in [5.74, 6) is 1.97. The number of aromatic nitrogens is 3. The van der Waals surface area contributed by atoms with Gasteiger partial charge in [-0.05, 0) is 37.8 Å². The topological polar surface area (TPSA) is 91.5 Å². The molecule has 0 unspecified atom stereocenters. The number of piperidine rings is 1. The van der Waals surface area contributed by atoms with Crippen LogP contribution in [0.5, 0.6) is 0 Å². The SMILES string of the molecule is CN=C(NCCc1noc(-c2ccccn2)n1)NC1CCN(C2CCCCC2)CC1.I. The van der Waals surface area contributed by atoms with Gasteiger partial charge in [-0.1, -0.05) is 30.5 Å². The van der Waals surface area contributed by atoms with Gasteiger partial charge in [-0.25, -0.2) is 0 Å². The highest BCUT2D eigenvalue weighted by Crippen LogP contribution is 2.25. The van der Waals surface area contributed by atoms with Crippen molar-refractivity contribution < 1.29 is 4.52 Å². The lowest BCUT2D eigenvalue weighted by molar-refractivity contribution is 0.119. The van der Waals surface area contributed by atoms with Crippen molar-refractivity contribution >= 4 is 29.9 Å². The van der Waals surface area contributed by atoms with Gasteiger partial charge in [-0.3, -0.25) is 9.98 Å². The average molecular weight is 539 g/mol. The highest BCUT2D eigenvalue weighted by molar-refractivity contribution is 14.0. The standard InChI is InChI=1S/C22H33N7O.HI/c1-23-22(26-17-11-15-29(16-12-17)18-7-3-2-4-8-18)25-14-10-20-27-21(30-28-20)19-9-5-6-13-24-19;/h5-6,9,13,17-18H,2-4,7-8,10-12,14-16H2,1H3,(H2,23,25,26);1H. The van der Waals surface area contributed by atoms with Gasteiger partial charge < -0.3 is 20.1 Å². The number of hydrogen-bond acceptors (Lipinski definition) is 6. The molecule has 1 aliphatic carbocycles. The third kappa shape index (κ3) is 6.86. The van der Waals surface area contributed by atoms with E-state index >= 15 is 0 Å². The Bertz CT molecular complexity index is 799. The molecule has 170 valence electrons. The fraction of sp³-hybridized carbons (Fsp3) is 0.636. The second kappa shape index (κ2) is 12.3. The summed E-state index contributed by atoms with van der Waals surface area (Å²) < 4.78 is 5.31. The van der Waals surface area contributed by atoms with Gasteiger partial charge in [0, 0.05) is 51.4 Å². The third-order valence-electron chi connectivity index (χ3n) is 6.18. The van der Waals surface area contributed by atoms with Gasteiger partial charge in [0.05, 0.1) is 0 Å². The number of guanidine groups is 1. The van der Waals surface area contributed by atoms with Crippen LogP contribution in [0.3, 0.4) is 0 Å². The molecule has 9 heteroatoms. The van der Waals surface area contributed by atoms with Crippen molar-refractivity contribution in [2.45, 2.75) is 63.5 Å². The highest BCUT2D eigenvalue weighted by atomic mass is 127. The number of halogens is 1. The third-order valence-corrected chi connectivity index (χ3v) is 6.18. The zero-order valence-electron chi connectivity index (χ0n) is 18.3. The predicted octanol–water partition coefficient (Wildman–Crippen LogP) is 3.25. The maximum atomic E-state index is 5.31. The molecule has 2 aromatic rings. The Kier molecular flexibility index (Phi) is 9.51. The quantitative estimate of drug-likeness (QED) is 0.331. The lowest BCUT2D eigenvalue weighted by Gasteiger charge is -2.39. The largest absolute Gasteiger partial charge is 0.356 e. The lowest BCUT2D eigenvalue weighted by atomic mass is 9.92. The number of nitrogens with one attached hydrogen (secondary N) is 2. The maximum absolute atomic E-state index is 5.31. The van der Waals surface area contributed by atoms with Gasteiger partial charge in [-0.15, -0.1) is 24.0 Å². The first-order valence-electron chi connectivity index (χ1n) is 11.3. The van der Waals surface area contributed by atoms with Crippen molar-refractivity contribution in [1.82, 2.24) is 30.7 Å². The minimum Gasteiger partial charge on any atom is -0.356 e. The number of pyridine rings is 1. The molecule has 0 radical (unpaired) electrons. The van der Waals surface area contributed by atoms with E-state index in [9.17, 15) is 0 Å². The van der Waals surface area contributed by atoms with E-state index in [-0.39, 0.29) is 24.0 Å². The minimum atomic E-state index is 0. The molecule has 1 aliphatic heterocycles. The number of nitrogens with zero attached hydrogens (tertiary/aromatic N) is 5. The summed E-state index contributed by atoms with van der Waals surface area (Å²) >= 11 is 0. The average Bonchev–Trinajstić information content (AvgIpc) is 3.29. The fourth-order valence-electron chi connectivity index (χ4n) is 4.48. The van der Waals surface area contributed by atoms with Crippen molar-refractivity contribution in [3.63, 3.8) is 0 Å². The summed E-state index contributed by atoms with van der Waals surface area (Å²) in [7, 11) is 1.82. The summed E-state index contributed by atoms with van der Waals surface area (Å²) in [5.41, 5.74) is 0.696. The van der Waals surface area contributed by atoms with Crippen LogP contribution in [0.1, 0.15) is 50.8 Å². The van der Waals surface area contributed by atoms with E-state index in [1.807, 2.05) is 25.2 Å². The summed E-state index contributed by atoms with van der Waals surface area (Å²) in [6.07, 6.45) is 11.7. The van der Waals surface area contributed by atoms with Crippen molar-refractivity contribution in [3.05, 3.63) is 30.2 Å². The summed E-state index contributed by atoms with van der Waals surface area (Å²) in [5, 5.41) is 11.0. The second-order valence-electron chi connectivity index (χ2n) is 8.23. The van der Waals surface area contributed by atoms with Crippen molar-refractivity contribution in [3.8, 4) is 11.6 Å². The molecule has 1 saturated heterocycles. The maximum Gasteiger partial charge on any atom is 0.276 e. The van der Waals surface area contributed by atoms with Crippen LogP contribution >= 0.6 is 24.0 Å². The number of hydrogen-bond donors (Lipinski definition) is 2. The van der Waals surface area contributed by atoms with Crippen LogP contribution in [0.4, 0.5) is 0 Å². The van der Waals surface area contributed by atoms with Crippen LogP contribution in [0.15, 0.2) is 33.9 Å². The number of likely N-dealkylation sites (tertiary alicyclic amines) is 1. The van der Waals surface area contributed by atoms with Gasteiger partial charge in [0.1, 0.15) is 5.69 Å². The van der Waals surface area contributed by atoms with Crippen LogP contribution in [-0.2, 0) is 6.42 Å². The van der Waals surface area contributed by atoms with E-state index in [0.717, 1.165) is 12.0 Å². The highest BCUT2D eigenvalue weighted by Gasteiger charge is 2.26. The van der Waals surface area contributed by atoms with Gasteiger partial charge in [0.25, 0.3) is 5.89 Å². The molecule has 0 spiro atoms. The monoisotopic (exact) mass is 539 g/mol. The lowest BCUT2D eigenvalue weighted by Crippen LogP contribution is -2.51. The van der Waals surface area contributed by atoms with Gasteiger partial charge in [0.2, 0.25) is 0 Å². The Labute approximate surface area is 201 Å². The van der Waals surface area contributed by atoms with E-state index in [1.165, 1.54) is 58.0 Å². The molecule has 0 amide bonds. The van der Waals surface area contributed by atoms with Gasteiger partial charge in [0.15, 0.2) is 11.8 Å². The molecule has 2 aliphatic rings. The molecule has 0 bridgehead atoms. The van der Waals surface area contributed by atoms with E-state index < -0.39 is 0 Å². The summed E-state index contributed by atoms with van der Waals surface area (Å²) in [6.45, 7) is 3.08. The van der Waals surface area contributed by atoms with Crippen molar-refractivity contribution in [1.29, 1.82) is 0 Å². The summed E-state index contributed by atoms with van der Waals surface area (Å²) in [6, 6.07) is 6.94. The van der Waals surface area contributed by atoms with Crippen molar-refractivity contribution in [2.75, 3.05) is 26.7 Å². The molecule has 31 heavy (non-hydrogen) atoms. The Morgan fingerprint density at radius 2 is 1.97 bits per heavy atom. The Morgan fingerprint density at radius 1 is 1.16 bits per heavy atom. The molecule has 2 aromatic heterocycles. The zero-order valence-corrected chi connectivity index (χ0v) is 20.6. The Balaban J connectivity index is 0.00000272. The Morgan fingerprint density at radius 3 is 2.68 bits per heavy atom. The zero-order chi connectivity index (χ0) is 20.6. The Hall–Kier alpha value is -1.75. The molecule has 2 N–H and O–H groups in total. The number of aliphatic imine (C=N–C) groups is 1. The predicted molar refractivity (Wildman–Crippen MR) is 133 cm³/mol. The first kappa shape index (κ1) is 23.9. The molecule has 0 atom stereocenters. The van der Waals surface area contributed by atoms with Crippen LogP contribution in [0.25, 0.3) is 11.6 Å². The molecular formula is C22H34IN7O. The normalized spacial score (nSPS) is 19.1. The second-order valence-corrected chi connectivity index (χ2v) is 8.23. The van der Waals surface area contributed by atoms with E-state index in [4.69, 9.17) is 4.52 Å².